The minimum absolute atomic E-state index is 0.00876. The van der Waals surface area contributed by atoms with Gasteiger partial charge in [0.25, 0.3) is 5.91 Å². The number of nitrogens with two attached hydrogens (primary N) is 1. The van der Waals surface area contributed by atoms with Gasteiger partial charge in [0.2, 0.25) is 5.91 Å². The van der Waals surface area contributed by atoms with Crippen LogP contribution in [0.3, 0.4) is 0 Å². The molecule has 1 saturated heterocycles. The molecule has 1 aromatic carbocycles. The van der Waals surface area contributed by atoms with E-state index in [1.165, 1.54) is 12.1 Å². The number of primary amides is 1. The SMILES string of the molecule is CCC(=O)CCCCC[C@H](NC(=O)[C@H]1CC12CCN(CC)CC2)c1[nH]c(-c2ccc(F)cc2)nc1C(N)=O. The van der Waals surface area contributed by atoms with Crippen LogP contribution in [0.4, 0.5) is 4.39 Å². The summed E-state index contributed by atoms with van der Waals surface area (Å²) in [5.74, 6) is -0.428. The second-order valence-electron chi connectivity index (χ2n) is 10.8. The molecule has 2 heterocycles. The van der Waals surface area contributed by atoms with E-state index in [1.807, 2.05) is 6.92 Å². The smallest absolute Gasteiger partial charge is 0.269 e. The maximum absolute atomic E-state index is 13.5. The lowest BCUT2D eigenvalue weighted by molar-refractivity contribution is -0.124. The van der Waals surface area contributed by atoms with E-state index in [0.717, 1.165) is 58.2 Å². The molecule has 1 spiro atoms. The molecule has 1 aromatic heterocycles. The van der Waals surface area contributed by atoms with Gasteiger partial charge in [-0.05, 0) is 81.4 Å². The molecule has 38 heavy (non-hydrogen) atoms. The van der Waals surface area contributed by atoms with Crippen molar-refractivity contribution in [3.8, 4) is 11.4 Å². The van der Waals surface area contributed by atoms with Gasteiger partial charge in [-0.2, -0.15) is 0 Å². The Bertz CT molecular complexity index is 1140. The lowest BCUT2D eigenvalue weighted by atomic mass is 9.90. The first-order valence-electron chi connectivity index (χ1n) is 14.0. The molecule has 9 heteroatoms. The number of nitrogens with one attached hydrogen (secondary N) is 2. The molecule has 2 aromatic rings. The summed E-state index contributed by atoms with van der Waals surface area (Å²) < 4.78 is 13.5. The molecule has 1 aliphatic heterocycles. The largest absolute Gasteiger partial charge is 0.364 e. The van der Waals surface area contributed by atoms with Crippen molar-refractivity contribution < 1.29 is 18.8 Å². The summed E-state index contributed by atoms with van der Waals surface area (Å²) in [6.45, 7) is 7.11. The van der Waals surface area contributed by atoms with Crippen molar-refractivity contribution in [3.05, 3.63) is 41.5 Å². The number of Topliss-reactive ketones (excluding diaryl/α,β-unsaturated/α-hetero) is 1. The molecule has 4 N–H and O–H groups in total. The lowest BCUT2D eigenvalue weighted by Gasteiger charge is -2.32. The molecule has 2 atom stereocenters. The zero-order valence-corrected chi connectivity index (χ0v) is 22.5. The summed E-state index contributed by atoms with van der Waals surface area (Å²) >= 11 is 0. The lowest BCUT2D eigenvalue weighted by Crippen LogP contribution is -2.38. The van der Waals surface area contributed by atoms with Crippen LogP contribution in [-0.2, 0) is 9.59 Å². The number of aromatic amines is 1. The third-order valence-corrected chi connectivity index (χ3v) is 8.40. The third-order valence-electron chi connectivity index (χ3n) is 8.40. The quantitative estimate of drug-likeness (QED) is 0.332. The summed E-state index contributed by atoms with van der Waals surface area (Å²) in [5, 5.41) is 3.21. The number of carbonyl (C=O) groups excluding carboxylic acids is 3. The van der Waals surface area contributed by atoms with Crippen LogP contribution >= 0.6 is 0 Å². The maximum Gasteiger partial charge on any atom is 0.269 e. The number of carbonyl (C=O) groups is 3. The minimum Gasteiger partial charge on any atom is -0.364 e. The molecule has 206 valence electrons. The van der Waals surface area contributed by atoms with E-state index in [-0.39, 0.29) is 34.5 Å². The van der Waals surface area contributed by atoms with Gasteiger partial charge in [-0.1, -0.05) is 26.7 Å². The predicted octanol–water partition coefficient (Wildman–Crippen LogP) is 4.52. The third kappa shape index (κ3) is 6.49. The van der Waals surface area contributed by atoms with Gasteiger partial charge in [-0.15, -0.1) is 0 Å². The van der Waals surface area contributed by atoms with Crippen molar-refractivity contribution in [2.24, 2.45) is 17.1 Å². The number of halogens is 1. The number of hydrogen-bond donors (Lipinski definition) is 3. The number of benzene rings is 1. The fourth-order valence-corrected chi connectivity index (χ4v) is 5.74. The van der Waals surface area contributed by atoms with E-state index in [1.54, 1.807) is 12.1 Å². The second-order valence-corrected chi connectivity index (χ2v) is 10.8. The highest BCUT2D eigenvalue weighted by Gasteiger charge is 2.58. The number of likely N-dealkylation sites (tertiary alicyclic amines) is 1. The Balaban J connectivity index is 1.51. The zero-order chi connectivity index (χ0) is 27.3. The Labute approximate surface area is 224 Å². The number of hydrogen-bond acceptors (Lipinski definition) is 5. The highest BCUT2D eigenvalue weighted by atomic mass is 19.1. The van der Waals surface area contributed by atoms with Crippen LogP contribution in [0.1, 0.15) is 93.9 Å². The molecule has 2 aliphatic rings. The first-order valence-corrected chi connectivity index (χ1v) is 14.0. The average Bonchev–Trinajstić information content (AvgIpc) is 3.42. The Hall–Kier alpha value is -3.07. The fraction of sp³-hybridized carbons (Fsp3) is 0.586. The van der Waals surface area contributed by atoms with E-state index in [2.05, 4.69) is 27.1 Å². The molecule has 4 rings (SSSR count). The van der Waals surface area contributed by atoms with Gasteiger partial charge in [0.1, 0.15) is 17.4 Å². The van der Waals surface area contributed by atoms with Gasteiger partial charge in [0.15, 0.2) is 5.69 Å². The van der Waals surface area contributed by atoms with Crippen LogP contribution in [-0.4, -0.2) is 52.1 Å². The Morgan fingerprint density at radius 1 is 1.16 bits per heavy atom. The van der Waals surface area contributed by atoms with Crippen molar-refractivity contribution >= 4 is 17.6 Å². The Morgan fingerprint density at radius 3 is 2.50 bits per heavy atom. The Kier molecular flexibility index (Phi) is 8.97. The molecule has 0 bridgehead atoms. The van der Waals surface area contributed by atoms with Gasteiger partial charge in [0.05, 0.1) is 11.7 Å². The molecular formula is C29H40FN5O3. The first-order chi connectivity index (χ1) is 18.3. The number of ketones is 1. The molecule has 2 amide bonds. The monoisotopic (exact) mass is 525 g/mol. The summed E-state index contributed by atoms with van der Waals surface area (Å²) in [5.41, 5.74) is 6.96. The molecule has 1 saturated carbocycles. The molecule has 0 radical (unpaired) electrons. The maximum atomic E-state index is 13.5. The summed E-state index contributed by atoms with van der Waals surface area (Å²) in [4.78, 5) is 47.6. The highest BCUT2D eigenvalue weighted by molar-refractivity contribution is 5.93. The van der Waals surface area contributed by atoms with Crippen LogP contribution in [0.25, 0.3) is 11.4 Å². The van der Waals surface area contributed by atoms with Gasteiger partial charge in [-0.3, -0.25) is 14.4 Å². The van der Waals surface area contributed by atoms with Crippen LogP contribution in [0, 0.1) is 17.2 Å². The number of unbranched alkanes of at least 4 members (excludes halogenated alkanes) is 2. The minimum atomic E-state index is -0.688. The van der Waals surface area contributed by atoms with Crippen LogP contribution in [0.15, 0.2) is 24.3 Å². The van der Waals surface area contributed by atoms with Gasteiger partial charge < -0.3 is 20.9 Å². The van der Waals surface area contributed by atoms with Crippen molar-refractivity contribution in [1.29, 1.82) is 0 Å². The van der Waals surface area contributed by atoms with E-state index in [9.17, 15) is 18.8 Å². The van der Waals surface area contributed by atoms with Crippen LogP contribution < -0.4 is 11.1 Å². The van der Waals surface area contributed by atoms with E-state index in [0.29, 0.717) is 36.3 Å². The number of aromatic nitrogens is 2. The number of piperidine rings is 1. The summed E-state index contributed by atoms with van der Waals surface area (Å²) in [6, 6.07) is 5.35. The highest BCUT2D eigenvalue weighted by Crippen LogP contribution is 2.59. The van der Waals surface area contributed by atoms with E-state index in [4.69, 9.17) is 5.73 Å². The van der Waals surface area contributed by atoms with Crippen molar-refractivity contribution in [1.82, 2.24) is 20.2 Å². The van der Waals surface area contributed by atoms with Gasteiger partial charge in [-0.25, -0.2) is 9.37 Å². The number of amides is 2. The number of nitrogens with zero attached hydrogens (tertiary/aromatic N) is 2. The van der Waals surface area contributed by atoms with Gasteiger partial charge in [0, 0.05) is 24.3 Å². The van der Waals surface area contributed by atoms with Gasteiger partial charge >= 0.3 is 0 Å². The molecular weight excluding hydrogens is 485 g/mol. The van der Waals surface area contributed by atoms with E-state index < -0.39 is 11.9 Å². The van der Waals surface area contributed by atoms with Crippen LogP contribution in [0.2, 0.25) is 0 Å². The molecule has 2 fully saturated rings. The fourth-order valence-electron chi connectivity index (χ4n) is 5.74. The molecule has 8 nitrogen and oxygen atoms in total. The second kappa shape index (κ2) is 12.2. The summed E-state index contributed by atoms with van der Waals surface area (Å²) in [7, 11) is 0. The summed E-state index contributed by atoms with van der Waals surface area (Å²) in [6.07, 6.45) is 7.03. The number of H-pyrrole nitrogens is 1. The Morgan fingerprint density at radius 2 is 1.87 bits per heavy atom. The molecule has 0 unspecified atom stereocenters. The van der Waals surface area contributed by atoms with Crippen molar-refractivity contribution in [2.45, 2.75) is 77.7 Å². The predicted molar refractivity (Wildman–Crippen MR) is 144 cm³/mol. The number of imidazole rings is 1. The first kappa shape index (κ1) is 28.0. The molecule has 1 aliphatic carbocycles. The van der Waals surface area contributed by atoms with Crippen molar-refractivity contribution in [2.75, 3.05) is 19.6 Å². The van der Waals surface area contributed by atoms with Crippen LogP contribution in [0.5, 0.6) is 0 Å². The normalized spacial score (nSPS) is 19.3. The standard InChI is InChI=1S/C29H40FN5O3/c1-3-21(36)8-6-5-7-9-23(32-28(38)22-18-29(22)14-16-35(4-2)17-15-29)24-25(26(31)37)34-27(33-24)19-10-12-20(30)13-11-19/h10-13,22-23H,3-9,14-18H2,1-2H3,(H2,31,37)(H,32,38)(H,33,34)/t22-,23+/m1/s1. The topological polar surface area (TPSA) is 121 Å². The number of rotatable bonds is 13. The van der Waals surface area contributed by atoms with Crippen molar-refractivity contribution in [3.63, 3.8) is 0 Å². The average molecular weight is 526 g/mol. The van der Waals surface area contributed by atoms with E-state index >= 15 is 0 Å². The zero-order valence-electron chi connectivity index (χ0n) is 22.5.